The van der Waals surface area contributed by atoms with Crippen molar-refractivity contribution in [3.8, 4) is 0 Å². The summed E-state index contributed by atoms with van der Waals surface area (Å²) in [7, 11) is 0. The van der Waals surface area contributed by atoms with E-state index in [2.05, 4.69) is 0 Å². The number of esters is 1. The van der Waals surface area contributed by atoms with Gasteiger partial charge in [-0.2, -0.15) is 0 Å². The van der Waals surface area contributed by atoms with E-state index in [9.17, 15) is 9.59 Å². The van der Waals surface area contributed by atoms with Gasteiger partial charge < -0.3 is 4.74 Å². The number of anilines is 1. The number of hydrogen-bond acceptors (Lipinski definition) is 7. The minimum Gasteiger partial charge on any atom is -0.463 e. The van der Waals surface area contributed by atoms with Crippen molar-refractivity contribution in [2.24, 2.45) is 16.8 Å². The maximum atomic E-state index is 15.3. The van der Waals surface area contributed by atoms with Gasteiger partial charge in [0.25, 0.3) is 5.56 Å². The normalized spacial score (nSPS) is 23.5. The van der Waals surface area contributed by atoms with Gasteiger partial charge in [0, 0.05) is 10.9 Å². The van der Waals surface area contributed by atoms with E-state index in [1.165, 1.54) is 22.3 Å². The van der Waals surface area contributed by atoms with Crippen LogP contribution in [0.1, 0.15) is 53.6 Å². The zero-order valence-electron chi connectivity index (χ0n) is 30.0. The molecule has 56 heavy (non-hydrogen) atoms. The molecular formula is C45H31Cl2N3O5S. The summed E-state index contributed by atoms with van der Waals surface area (Å²) in [6.07, 6.45) is 1.89. The molecule has 3 heterocycles. The Labute approximate surface area is 334 Å². The highest BCUT2D eigenvalue weighted by molar-refractivity contribution is 7.07. The number of carbonyl (C=O) groups excluding carboxylic acids is 3. The number of fused-ring (bicyclic) bond motifs is 2. The number of nitrogens with zero attached hydrogens (tertiary/aromatic N) is 3. The second-order valence-electron chi connectivity index (χ2n) is 14.5. The lowest BCUT2D eigenvalue weighted by atomic mass is 9.47. The first-order valence-corrected chi connectivity index (χ1v) is 19.9. The molecule has 11 rings (SSSR count). The molecule has 2 bridgehead atoms. The van der Waals surface area contributed by atoms with E-state index in [1.54, 1.807) is 30.5 Å². The first-order chi connectivity index (χ1) is 27.1. The summed E-state index contributed by atoms with van der Waals surface area (Å²) in [6, 6.07) is 33.4. The second kappa shape index (κ2) is 12.7. The van der Waals surface area contributed by atoms with Crippen molar-refractivity contribution in [3.05, 3.63) is 178 Å². The van der Waals surface area contributed by atoms with Gasteiger partial charge in [0.2, 0.25) is 11.8 Å². The summed E-state index contributed by atoms with van der Waals surface area (Å²) in [5.74, 6) is -3.40. The molecule has 276 valence electrons. The summed E-state index contributed by atoms with van der Waals surface area (Å²) in [6.45, 7) is 3.66. The van der Waals surface area contributed by atoms with Crippen LogP contribution >= 0.6 is 34.5 Å². The van der Waals surface area contributed by atoms with E-state index >= 15 is 9.59 Å². The predicted molar refractivity (Wildman–Crippen MR) is 217 cm³/mol. The Morgan fingerprint density at radius 1 is 0.857 bits per heavy atom. The fourth-order valence-electron chi connectivity index (χ4n) is 9.76. The largest absolute Gasteiger partial charge is 0.463 e. The standard InChI is InChI=1S/C45H31Cl2N3O5S/c1-3-55-43(54)35-23(2)48-44-50(39(35)27-16-10-12-24-11-4-5-13-26(24)27)40(51)34(56-44)22-45-30-17-8-6-14-28(30)36(29-15-7-9-18-31(29)45)37-38(45)42(53)49(41(37)52)33-20-19-25(46)21-32(33)47/h4-22,36-39H,3H2,1-2H3/b34-22+/t36?,37-,38-,39+,45?/m0/s1. The van der Waals surface area contributed by atoms with Crippen molar-refractivity contribution < 1.29 is 19.1 Å². The number of imide groups is 1. The van der Waals surface area contributed by atoms with Crippen molar-refractivity contribution >= 4 is 74.9 Å². The molecule has 6 aromatic rings. The van der Waals surface area contributed by atoms with Gasteiger partial charge in [-0.1, -0.05) is 126 Å². The minimum atomic E-state index is -1.23. The molecule has 8 nitrogen and oxygen atoms in total. The molecule has 5 aliphatic rings. The number of benzene rings is 5. The molecule has 0 spiro atoms. The third-order valence-electron chi connectivity index (χ3n) is 11.8. The summed E-state index contributed by atoms with van der Waals surface area (Å²) < 4.78 is 7.49. The fourth-order valence-corrected chi connectivity index (χ4v) is 11.3. The molecule has 2 aliphatic heterocycles. The molecule has 1 saturated heterocycles. The number of ether oxygens (including phenoxy) is 1. The summed E-state index contributed by atoms with van der Waals surface area (Å²) >= 11 is 14.1. The minimum absolute atomic E-state index is 0.151. The van der Waals surface area contributed by atoms with Crippen LogP contribution in [0.2, 0.25) is 10.0 Å². The lowest BCUT2D eigenvalue weighted by Crippen LogP contribution is -2.53. The van der Waals surface area contributed by atoms with Crippen LogP contribution in [0.25, 0.3) is 16.8 Å². The highest BCUT2D eigenvalue weighted by atomic mass is 35.5. The summed E-state index contributed by atoms with van der Waals surface area (Å²) in [5, 5.41) is 2.41. The van der Waals surface area contributed by atoms with Crippen LogP contribution in [-0.4, -0.2) is 29.0 Å². The quantitative estimate of drug-likeness (QED) is 0.133. The van der Waals surface area contributed by atoms with Gasteiger partial charge in [-0.25, -0.2) is 14.7 Å². The summed E-state index contributed by atoms with van der Waals surface area (Å²) in [4.78, 5) is 65.4. The number of thiazole rings is 1. The number of allylic oxidation sites excluding steroid dienone is 1. The third-order valence-corrected chi connectivity index (χ3v) is 13.3. The van der Waals surface area contributed by atoms with Crippen LogP contribution in [0.4, 0.5) is 5.69 Å². The SMILES string of the molecule is CCOC(=O)C1=C(C)N=c2s/c(=C/C34c5ccccc5C(c5ccccc53)[C@@H]3C(=O)N(c5ccc(Cl)cc5Cl)C(=O)[C@H]34)c(=O)n2[C@@H]1c1cccc2ccccc12. The zero-order chi connectivity index (χ0) is 38.6. The lowest BCUT2D eigenvalue weighted by molar-refractivity contribution is -0.139. The zero-order valence-corrected chi connectivity index (χ0v) is 32.4. The van der Waals surface area contributed by atoms with Crippen molar-refractivity contribution in [1.29, 1.82) is 0 Å². The van der Waals surface area contributed by atoms with Gasteiger partial charge in [0.05, 0.1) is 56.4 Å². The van der Waals surface area contributed by atoms with Crippen LogP contribution < -0.4 is 19.8 Å². The number of amides is 2. The van der Waals surface area contributed by atoms with Crippen molar-refractivity contribution in [2.75, 3.05) is 11.5 Å². The smallest absolute Gasteiger partial charge is 0.338 e. The monoisotopic (exact) mass is 795 g/mol. The van der Waals surface area contributed by atoms with Gasteiger partial charge in [-0.05, 0) is 76.7 Å². The molecule has 0 saturated carbocycles. The van der Waals surface area contributed by atoms with Crippen LogP contribution in [0.15, 0.2) is 130 Å². The van der Waals surface area contributed by atoms with Crippen LogP contribution in [0.3, 0.4) is 0 Å². The highest BCUT2D eigenvalue weighted by Crippen LogP contribution is 2.65. The van der Waals surface area contributed by atoms with Gasteiger partial charge in [-0.15, -0.1) is 0 Å². The van der Waals surface area contributed by atoms with Crippen molar-refractivity contribution in [1.82, 2.24) is 4.57 Å². The predicted octanol–water partition coefficient (Wildman–Crippen LogP) is 7.46. The lowest BCUT2D eigenvalue weighted by Gasteiger charge is -2.53. The number of halogens is 2. The van der Waals surface area contributed by atoms with Crippen molar-refractivity contribution in [3.63, 3.8) is 0 Å². The molecule has 2 amide bonds. The van der Waals surface area contributed by atoms with E-state index in [4.69, 9.17) is 32.9 Å². The molecule has 11 heteroatoms. The van der Waals surface area contributed by atoms with Crippen LogP contribution in [0, 0.1) is 11.8 Å². The van der Waals surface area contributed by atoms with E-state index in [0.29, 0.717) is 20.1 Å². The highest BCUT2D eigenvalue weighted by Gasteiger charge is 2.67. The van der Waals surface area contributed by atoms with E-state index in [1.807, 2.05) is 97.1 Å². The maximum absolute atomic E-state index is 15.3. The Morgan fingerprint density at radius 3 is 2.23 bits per heavy atom. The van der Waals surface area contributed by atoms with E-state index < -0.39 is 41.1 Å². The van der Waals surface area contributed by atoms with Crippen molar-refractivity contribution in [2.45, 2.75) is 31.2 Å². The van der Waals surface area contributed by atoms with E-state index in [-0.39, 0.29) is 34.4 Å². The molecule has 0 unspecified atom stereocenters. The second-order valence-corrected chi connectivity index (χ2v) is 16.4. The Balaban J connectivity index is 1.26. The Morgan fingerprint density at radius 2 is 1.52 bits per heavy atom. The van der Waals surface area contributed by atoms with Crippen LogP contribution in [0.5, 0.6) is 0 Å². The average Bonchev–Trinajstić information content (AvgIpc) is 3.65. The molecule has 3 atom stereocenters. The molecule has 3 aliphatic carbocycles. The third kappa shape index (κ3) is 4.68. The number of carbonyl (C=O) groups is 3. The number of rotatable bonds is 5. The molecule has 0 N–H and O–H groups in total. The Bertz CT molecular complexity index is 2910. The molecule has 0 radical (unpaired) electrons. The van der Waals surface area contributed by atoms with Crippen LogP contribution in [-0.2, 0) is 24.5 Å². The number of aromatic nitrogens is 1. The van der Waals surface area contributed by atoms with Gasteiger partial charge in [-0.3, -0.25) is 19.0 Å². The first kappa shape index (κ1) is 34.8. The Hall–Kier alpha value is -5.61. The molecule has 1 fully saturated rings. The van der Waals surface area contributed by atoms with Gasteiger partial charge in [0.15, 0.2) is 4.80 Å². The van der Waals surface area contributed by atoms with Gasteiger partial charge >= 0.3 is 5.97 Å². The van der Waals surface area contributed by atoms with E-state index in [0.717, 1.165) is 38.6 Å². The number of hydrogen-bond donors (Lipinski definition) is 0. The average molecular weight is 797 g/mol. The Kier molecular flexibility index (Phi) is 7.91. The topological polar surface area (TPSA) is 98.0 Å². The maximum Gasteiger partial charge on any atom is 0.338 e. The molecule has 1 aromatic heterocycles. The first-order valence-electron chi connectivity index (χ1n) is 18.4. The fraction of sp³-hybridized carbons (Fsp3) is 0.178. The molecule has 5 aromatic carbocycles. The van der Waals surface area contributed by atoms with Gasteiger partial charge in [0.1, 0.15) is 0 Å². The molecular weight excluding hydrogens is 765 g/mol. The summed E-state index contributed by atoms with van der Waals surface area (Å²) in [5.41, 5.74) is 3.71.